The molecular formula is C28H28N4. The average Bonchev–Trinajstić information content (AvgIpc) is 2.78. The molecule has 0 saturated carbocycles. The Labute approximate surface area is 189 Å². The molecule has 0 saturated heterocycles. The second kappa shape index (κ2) is 9.06. The minimum Gasteiger partial charge on any atom is -0.399 e. The van der Waals surface area contributed by atoms with Crippen molar-refractivity contribution in [3.05, 3.63) is 103 Å². The number of benzene rings is 3. The molecule has 3 aromatic carbocycles. The second-order valence-electron chi connectivity index (χ2n) is 8.83. The van der Waals surface area contributed by atoms with Crippen LogP contribution in [-0.2, 0) is 5.41 Å². The van der Waals surface area contributed by atoms with E-state index in [2.05, 4.69) is 50.4 Å². The maximum absolute atomic E-state index is 5.73. The molecule has 1 aliphatic carbocycles. The highest BCUT2D eigenvalue weighted by Gasteiger charge is 2.12. The summed E-state index contributed by atoms with van der Waals surface area (Å²) in [4.78, 5) is 9.41. The number of aliphatic imine (C=N–C) groups is 2. The fourth-order valence-corrected chi connectivity index (χ4v) is 3.29. The van der Waals surface area contributed by atoms with Gasteiger partial charge in [0, 0.05) is 17.1 Å². The molecule has 0 heterocycles. The summed E-state index contributed by atoms with van der Waals surface area (Å²) in [6, 6.07) is 24.1. The Kier molecular flexibility index (Phi) is 6.04. The Morgan fingerprint density at radius 2 is 1.00 bits per heavy atom. The van der Waals surface area contributed by atoms with Gasteiger partial charge in [0.25, 0.3) is 0 Å². The lowest BCUT2D eigenvalue weighted by Gasteiger charge is -2.18. The molecule has 4 heteroatoms. The summed E-state index contributed by atoms with van der Waals surface area (Å²) in [5, 5.41) is 3.35. The summed E-state index contributed by atoms with van der Waals surface area (Å²) in [6.07, 6.45) is 7.97. The lowest BCUT2D eigenvalue weighted by Crippen LogP contribution is -2.10. The van der Waals surface area contributed by atoms with Gasteiger partial charge in [0.2, 0.25) is 0 Å². The largest absolute Gasteiger partial charge is 0.399 e. The number of rotatable bonds is 4. The molecule has 4 rings (SSSR count). The minimum atomic E-state index is 0.145. The van der Waals surface area contributed by atoms with E-state index >= 15 is 0 Å². The van der Waals surface area contributed by atoms with Gasteiger partial charge in [0.15, 0.2) is 0 Å². The first-order chi connectivity index (χ1) is 15.3. The zero-order valence-electron chi connectivity index (χ0n) is 18.7. The Bertz CT molecular complexity index is 1170. The van der Waals surface area contributed by atoms with Crippen LogP contribution >= 0.6 is 0 Å². The van der Waals surface area contributed by atoms with Gasteiger partial charge in [-0.05, 0) is 95.9 Å². The molecule has 1 aliphatic rings. The van der Waals surface area contributed by atoms with E-state index in [-0.39, 0.29) is 5.41 Å². The SMILES string of the molecule is CC(C)(C)c1ccc(N=C2C=CC(=Nc3ccc(Nc4ccc(N)cc4)cc3)C=C2)cc1. The third kappa shape index (κ3) is 5.61. The maximum Gasteiger partial charge on any atom is 0.0638 e. The molecule has 0 aromatic heterocycles. The number of anilines is 3. The van der Waals surface area contributed by atoms with E-state index in [9.17, 15) is 0 Å². The molecular weight excluding hydrogens is 392 g/mol. The summed E-state index contributed by atoms with van der Waals surface area (Å²) in [7, 11) is 0. The van der Waals surface area contributed by atoms with Crippen molar-refractivity contribution < 1.29 is 0 Å². The Morgan fingerprint density at radius 1 is 0.594 bits per heavy atom. The highest BCUT2D eigenvalue weighted by Crippen LogP contribution is 2.25. The smallest absolute Gasteiger partial charge is 0.0638 e. The van der Waals surface area contributed by atoms with Crippen molar-refractivity contribution in [1.29, 1.82) is 0 Å². The first-order valence-corrected chi connectivity index (χ1v) is 10.7. The van der Waals surface area contributed by atoms with Gasteiger partial charge in [-0.25, -0.2) is 9.98 Å². The van der Waals surface area contributed by atoms with Crippen molar-refractivity contribution in [3.63, 3.8) is 0 Å². The fourth-order valence-electron chi connectivity index (χ4n) is 3.29. The first kappa shape index (κ1) is 21.3. The normalized spacial score (nSPS) is 13.2. The topological polar surface area (TPSA) is 62.8 Å². The van der Waals surface area contributed by atoms with Gasteiger partial charge in [-0.3, -0.25) is 0 Å². The Hall–Kier alpha value is -3.92. The molecule has 0 spiro atoms. The summed E-state index contributed by atoms with van der Waals surface area (Å²) in [5.41, 5.74) is 13.6. The van der Waals surface area contributed by atoms with E-state index in [4.69, 9.17) is 15.7 Å². The van der Waals surface area contributed by atoms with Crippen molar-refractivity contribution in [2.45, 2.75) is 26.2 Å². The first-order valence-electron chi connectivity index (χ1n) is 10.7. The van der Waals surface area contributed by atoms with Crippen molar-refractivity contribution in [2.75, 3.05) is 11.1 Å². The van der Waals surface area contributed by atoms with Gasteiger partial charge in [0.05, 0.1) is 22.8 Å². The quantitative estimate of drug-likeness (QED) is 0.344. The summed E-state index contributed by atoms with van der Waals surface area (Å²) >= 11 is 0. The van der Waals surface area contributed by atoms with E-state index in [0.717, 1.165) is 39.9 Å². The van der Waals surface area contributed by atoms with Gasteiger partial charge in [-0.1, -0.05) is 32.9 Å². The average molecular weight is 421 g/mol. The van der Waals surface area contributed by atoms with Gasteiger partial charge in [0.1, 0.15) is 0 Å². The van der Waals surface area contributed by atoms with E-state index in [0.29, 0.717) is 0 Å². The molecule has 0 aliphatic heterocycles. The number of nitrogens with one attached hydrogen (secondary N) is 1. The molecule has 0 fully saturated rings. The monoisotopic (exact) mass is 420 g/mol. The third-order valence-corrected chi connectivity index (χ3v) is 5.17. The zero-order valence-corrected chi connectivity index (χ0v) is 18.7. The maximum atomic E-state index is 5.73. The van der Waals surface area contributed by atoms with Gasteiger partial charge >= 0.3 is 0 Å². The molecule has 0 amide bonds. The summed E-state index contributed by atoms with van der Waals surface area (Å²) in [6.45, 7) is 6.64. The highest BCUT2D eigenvalue weighted by atomic mass is 14.9. The van der Waals surface area contributed by atoms with Crippen LogP contribution in [0.25, 0.3) is 0 Å². The standard InChI is InChI=1S/C28H28N4/c1-28(2,3)20-4-8-22(9-5-20)30-24-12-16-26(17-13-24)32-27-18-14-25(15-19-27)31-23-10-6-21(29)7-11-23/h4-19,31H,29H2,1-3H3. The number of nitrogens with two attached hydrogens (primary N) is 1. The van der Waals surface area contributed by atoms with Crippen LogP contribution < -0.4 is 11.1 Å². The predicted octanol–water partition coefficient (Wildman–Crippen LogP) is 7.28. The van der Waals surface area contributed by atoms with E-state index in [1.54, 1.807) is 0 Å². The van der Waals surface area contributed by atoms with E-state index in [1.165, 1.54) is 5.56 Å². The molecule has 160 valence electrons. The number of hydrogen-bond donors (Lipinski definition) is 2. The van der Waals surface area contributed by atoms with Crippen molar-refractivity contribution >= 4 is 39.9 Å². The Morgan fingerprint density at radius 3 is 1.44 bits per heavy atom. The molecule has 32 heavy (non-hydrogen) atoms. The van der Waals surface area contributed by atoms with Crippen LogP contribution in [0.4, 0.5) is 28.4 Å². The van der Waals surface area contributed by atoms with Crippen molar-refractivity contribution in [2.24, 2.45) is 9.98 Å². The molecule has 0 unspecified atom stereocenters. The molecule has 4 nitrogen and oxygen atoms in total. The van der Waals surface area contributed by atoms with Crippen LogP contribution in [0.5, 0.6) is 0 Å². The number of allylic oxidation sites excluding steroid dienone is 4. The summed E-state index contributed by atoms with van der Waals surface area (Å²) < 4.78 is 0. The highest BCUT2D eigenvalue weighted by molar-refractivity contribution is 6.19. The predicted molar refractivity (Wildman–Crippen MR) is 138 cm³/mol. The lowest BCUT2D eigenvalue weighted by molar-refractivity contribution is 0.590. The van der Waals surface area contributed by atoms with Crippen molar-refractivity contribution in [1.82, 2.24) is 0 Å². The molecule has 0 atom stereocenters. The number of nitrogen functional groups attached to an aromatic ring is 1. The van der Waals surface area contributed by atoms with E-state index in [1.807, 2.05) is 72.8 Å². The zero-order chi connectivity index (χ0) is 22.6. The molecule has 0 radical (unpaired) electrons. The van der Waals surface area contributed by atoms with Crippen LogP contribution in [0.3, 0.4) is 0 Å². The van der Waals surface area contributed by atoms with Crippen LogP contribution in [-0.4, -0.2) is 11.4 Å². The van der Waals surface area contributed by atoms with Gasteiger partial charge in [-0.15, -0.1) is 0 Å². The van der Waals surface area contributed by atoms with Crippen LogP contribution in [0, 0.1) is 0 Å². The van der Waals surface area contributed by atoms with Gasteiger partial charge in [-0.2, -0.15) is 0 Å². The molecule has 3 aromatic rings. The molecule has 3 N–H and O–H groups in total. The minimum absolute atomic E-state index is 0.145. The molecule has 0 bridgehead atoms. The lowest BCUT2D eigenvalue weighted by atomic mass is 9.87. The fraction of sp³-hybridized carbons (Fsp3) is 0.143. The van der Waals surface area contributed by atoms with Crippen LogP contribution in [0.2, 0.25) is 0 Å². The second-order valence-corrected chi connectivity index (χ2v) is 8.83. The number of nitrogens with zero attached hydrogens (tertiary/aromatic N) is 2. The van der Waals surface area contributed by atoms with Crippen LogP contribution in [0.1, 0.15) is 26.3 Å². The third-order valence-electron chi connectivity index (χ3n) is 5.17. The van der Waals surface area contributed by atoms with Crippen LogP contribution in [0.15, 0.2) is 107 Å². The summed E-state index contributed by atoms with van der Waals surface area (Å²) in [5.74, 6) is 0. The number of hydrogen-bond acceptors (Lipinski definition) is 4. The van der Waals surface area contributed by atoms with E-state index < -0.39 is 0 Å². The Balaban J connectivity index is 1.40. The van der Waals surface area contributed by atoms with Crippen molar-refractivity contribution in [3.8, 4) is 0 Å². The van der Waals surface area contributed by atoms with Gasteiger partial charge < -0.3 is 11.1 Å².